The van der Waals surface area contributed by atoms with Gasteiger partial charge in [-0.1, -0.05) is 12.1 Å². The summed E-state index contributed by atoms with van der Waals surface area (Å²) in [5, 5.41) is 6.68. The van der Waals surface area contributed by atoms with Crippen molar-refractivity contribution in [2.45, 2.75) is 31.5 Å². The number of nitrogens with one attached hydrogen (secondary N) is 2. The van der Waals surface area contributed by atoms with Crippen LogP contribution in [0.4, 0.5) is 0 Å². The first kappa shape index (κ1) is 19.6. The number of amides is 1. The van der Waals surface area contributed by atoms with Crippen molar-refractivity contribution in [1.29, 1.82) is 0 Å². The summed E-state index contributed by atoms with van der Waals surface area (Å²) >= 11 is 0. The Hall–Kier alpha value is -2.12. The maximum Gasteiger partial charge on any atom is 0.253 e. The first-order chi connectivity index (χ1) is 13.1. The van der Waals surface area contributed by atoms with Crippen molar-refractivity contribution in [3.8, 4) is 0 Å². The third kappa shape index (κ3) is 5.20. The molecule has 0 saturated carbocycles. The molecule has 1 aromatic carbocycles. The molecule has 1 amide bonds. The van der Waals surface area contributed by atoms with E-state index in [9.17, 15) is 4.79 Å². The number of carbonyl (C=O) groups is 1. The average molecular weight is 374 g/mol. The quantitative estimate of drug-likeness (QED) is 0.593. The molecule has 148 valence electrons. The smallest absolute Gasteiger partial charge is 0.253 e. The van der Waals surface area contributed by atoms with Crippen LogP contribution in [0.2, 0.25) is 0 Å². The van der Waals surface area contributed by atoms with E-state index in [1.54, 1.807) is 26.0 Å². The van der Waals surface area contributed by atoms with E-state index in [-0.39, 0.29) is 12.0 Å². The van der Waals surface area contributed by atoms with Gasteiger partial charge < -0.3 is 20.3 Å². The molecule has 2 saturated heterocycles. The Labute approximate surface area is 161 Å². The van der Waals surface area contributed by atoms with E-state index in [1.165, 1.54) is 19.4 Å². The monoisotopic (exact) mass is 373 g/mol. The average Bonchev–Trinajstić information content (AvgIpc) is 3.15. The summed E-state index contributed by atoms with van der Waals surface area (Å²) < 4.78 is 5.98. The molecule has 27 heavy (non-hydrogen) atoms. The highest BCUT2D eigenvalue weighted by atomic mass is 16.5. The van der Waals surface area contributed by atoms with Crippen molar-refractivity contribution in [3.63, 3.8) is 0 Å². The standard InChI is InChI=1S/C20H31N5O2/c1-21-20(23-12-18-13-25-10-4-5-17(25)14-27-18)22-11-15-6-8-16(9-7-15)19(26)24(2)3/h6-9,17-18H,4-5,10-14H2,1-3H3,(H2,21,22,23). The number of hydrogen-bond acceptors (Lipinski definition) is 4. The minimum absolute atomic E-state index is 0.0136. The minimum Gasteiger partial charge on any atom is -0.373 e. The lowest BCUT2D eigenvalue weighted by Gasteiger charge is -2.35. The van der Waals surface area contributed by atoms with Crippen LogP contribution in [0.15, 0.2) is 29.3 Å². The maximum atomic E-state index is 11.9. The Kier molecular flexibility index (Phi) is 6.68. The van der Waals surface area contributed by atoms with Crippen LogP contribution >= 0.6 is 0 Å². The van der Waals surface area contributed by atoms with Crippen LogP contribution < -0.4 is 10.6 Å². The highest BCUT2D eigenvalue weighted by molar-refractivity contribution is 5.93. The van der Waals surface area contributed by atoms with E-state index >= 15 is 0 Å². The van der Waals surface area contributed by atoms with Gasteiger partial charge in [0.15, 0.2) is 5.96 Å². The number of guanidine groups is 1. The van der Waals surface area contributed by atoms with Crippen LogP contribution in [0.25, 0.3) is 0 Å². The van der Waals surface area contributed by atoms with Crippen molar-refractivity contribution in [2.75, 3.05) is 47.4 Å². The minimum atomic E-state index is 0.0136. The third-order valence-corrected chi connectivity index (χ3v) is 5.25. The van der Waals surface area contributed by atoms with Crippen LogP contribution in [0, 0.1) is 0 Å². The fraction of sp³-hybridized carbons (Fsp3) is 0.600. The maximum absolute atomic E-state index is 11.9. The van der Waals surface area contributed by atoms with Crippen molar-refractivity contribution in [2.24, 2.45) is 4.99 Å². The van der Waals surface area contributed by atoms with Gasteiger partial charge in [-0.25, -0.2) is 0 Å². The van der Waals surface area contributed by atoms with Gasteiger partial charge >= 0.3 is 0 Å². The molecule has 1 aromatic rings. The summed E-state index contributed by atoms with van der Waals surface area (Å²) in [5.41, 5.74) is 1.79. The zero-order valence-corrected chi connectivity index (χ0v) is 16.6. The van der Waals surface area contributed by atoms with Crippen LogP contribution in [-0.2, 0) is 11.3 Å². The number of nitrogens with zero attached hydrogens (tertiary/aromatic N) is 3. The van der Waals surface area contributed by atoms with E-state index in [4.69, 9.17) is 4.74 Å². The van der Waals surface area contributed by atoms with Gasteiger partial charge in [-0.05, 0) is 37.1 Å². The fourth-order valence-electron chi connectivity index (χ4n) is 3.65. The number of ether oxygens (including phenoxy) is 1. The number of fused-ring (bicyclic) bond motifs is 1. The zero-order valence-electron chi connectivity index (χ0n) is 16.6. The molecule has 3 rings (SSSR count). The molecule has 7 heteroatoms. The Morgan fingerprint density at radius 3 is 2.78 bits per heavy atom. The van der Waals surface area contributed by atoms with Crippen LogP contribution in [0.1, 0.15) is 28.8 Å². The molecule has 2 fully saturated rings. The number of aliphatic imine (C=N–C) groups is 1. The van der Waals surface area contributed by atoms with Crippen molar-refractivity contribution in [3.05, 3.63) is 35.4 Å². The zero-order chi connectivity index (χ0) is 19.2. The van der Waals surface area contributed by atoms with Gasteiger partial charge in [0.1, 0.15) is 0 Å². The molecule has 0 radical (unpaired) electrons. The van der Waals surface area contributed by atoms with Crippen molar-refractivity contribution in [1.82, 2.24) is 20.4 Å². The highest BCUT2D eigenvalue weighted by Crippen LogP contribution is 2.22. The molecule has 0 bridgehead atoms. The third-order valence-electron chi connectivity index (χ3n) is 5.25. The van der Waals surface area contributed by atoms with Gasteiger partial charge in [-0.2, -0.15) is 0 Å². The van der Waals surface area contributed by atoms with Gasteiger partial charge in [-0.3, -0.25) is 14.7 Å². The summed E-state index contributed by atoms with van der Waals surface area (Å²) in [7, 11) is 5.28. The molecule has 7 nitrogen and oxygen atoms in total. The Morgan fingerprint density at radius 1 is 1.30 bits per heavy atom. The van der Waals surface area contributed by atoms with E-state index in [2.05, 4.69) is 20.5 Å². The molecule has 2 unspecified atom stereocenters. The van der Waals surface area contributed by atoms with Gasteiger partial charge in [0.05, 0.1) is 12.7 Å². The van der Waals surface area contributed by atoms with E-state index in [1.807, 2.05) is 24.3 Å². The van der Waals surface area contributed by atoms with E-state index in [0.717, 1.165) is 31.2 Å². The van der Waals surface area contributed by atoms with Crippen LogP contribution in [0.5, 0.6) is 0 Å². The molecular weight excluding hydrogens is 342 g/mol. The molecular formula is C20H31N5O2. The normalized spacial score (nSPS) is 23.0. The first-order valence-corrected chi connectivity index (χ1v) is 9.67. The number of carbonyl (C=O) groups excluding carboxylic acids is 1. The highest BCUT2D eigenvalue weighted by Gasteiger charge is 2.32. The Balaban J connectivity index is 1.43. The fourth-order valence-corrected chi connectivity index (χ4v) is 3.65. The number of rotatable bonds is 5. The molecule has 0 spiro atoms. The Bertz CT molecular complexity index is 659. The van der Waals surface area contributed by atoms with E-state index < -0.39 is 0 Å². The molecule has 2 aliphatic heterocycles. The molecule has 2 N–H and O–H groups in total. The summed E-state index contributed by atoms with van der Waals surface area (Å²) in [6, 6.07) is 8.28. The van der Waals surface area contributed by atoms with Gasteiger partial charge in [0.25, 0.3) is 5.91 Å². The predicted octanol–water partition coefficient (Wildman–Crippen LogP) is 0.917. The lowest BCUT2D eigenvalue weighted by atomic mass is 10.1. The number of morpholine rings is 1. The largest absolute Gasteiger partial charge is 0.373 e. The second-order valence-electron chi connectivity index (χ2n) is 7.45. The number of benzene rings is 1. The van der Waals surface area contributed by atoms with Gasteiger partial charge in [-0.15, -0.1) is 0 Å². The summed E-state index contributed by atoms with van der Waals surface area (Å²) in [5.74, 6) is 0.773. The molecule has 2 heterocycles. The van der Waals surface area contributed by atoms with Gasteiger partial charge in [0.2, 0.25) is 0 Å². The topological polar surface area (TPSA) is 69.2 Å². The molecule has 2 atom stereocenters. The predicted molar refractivity (Wildman–Crippen MR) is 107 cm³/mol. The van der Waals surface area contributed by atoms with Crippen LogP contribution in [-0.4, -0.2) is 81.2 Å². The molecule has 2 aliphatic rings. The second-order valence-corrected chi connectivity index (χ2v) is 7.45. The summed E-state index contributed by atoms with van der Waals surface area (Å²) in [6.07, 6.45) is 2.76. The first-order valence-electron chi connectivity index (χ1n) is 9.67. The molecule has 0 aromatic heterocycles. The lowest BCUT2D eigenvalue weighted by molar-refractivity contribution is -0.0453. The second kappa shape index (κ2) is 9.19. The SMILES string of the molecule is CN=C(NCc1ccc(C(=O)N(C)C)cc1)NCC1CN2CCCC2CO1. The summed E-state index contributed by atoms with van der Waals surface area (Å²) in [6.45, 7) is 4.44. The van der Waals surface area contributed by atoms with Crippen LogP contribution in [0.3, 0.4) is 0 Å². The van der Waals surface area contributed by atoms with Crippen molar-refractivity contribution >= 4 is 11.9 Å². The number of hydrogen-bond donors (Lipinski definition) is 2. The summed E-state index contributed by atoms with van der Waals surface area (Å²) in [4.78, 5) is 20.4. The van der Waals surface area contributed by atoms with Crippen molar-refractivity contribution < 1.29 is 9.53 Å². The lowest BCUT2D eigenvalue weighted by Crippen LogP contribution is -2.51. The van der Waals surface area contributed by atoms with E-state index in [0.29, 0.717) is 18.2 Å². The Morgan fingerprint density at radius 2 is 2.07 bits per heavy atom. The van der Waals surface area contributed by atoms with Gasteiger partial charge in [0, 0.05) is 52.4 Å². The molecule has 0 aliphatic carbocycles.